The number of nitrogen functional groups attached to an aromatic ring is 1. The lowest BCUT2D eigenvalue weighted by Gasteiger charge is -2.13. The van der Waals surface area contributed by atoms with E-state index in [1.165, 1.54) is 18.3 Å². The lowest BCUT2D eigenvalue weighted by atomic mass is 10.1. The van der Waals surface area contributed by atoms with E-state index in [-0.39, 0.29) is 24.2 Å². The van der Waals surface area contributed by atoms with Crippen molar-refractivity contribution >= 4 is 23.7 Å². The van der Waals surface area contributed by atoms with Crippen LogP contribution in [0.1, 0.15) is 23.2 Å². The molecule has 1 aromatic rings. The number of amides is 1. The fraction of sp³-hybridized carbons (Fsp3) is 0.273. The highest BCUT2D eigenvalue weighted by Crippen LogP contribution is 2.08. The van der Waals surface area contributed by atoms with Crippen molar-refractivity contribution in [3.8, 4) is 0 Å². The summed E-state index contributed by atoms with van der Waals surface area (Å²) >= 11 is 0. The summed E-state index contributed by atoms with van der Waals surface area (Å²) in [6, 6.07) is 1.59. The number of carboxylic acids is 2. The lowest BCUT2D eigenvalue weighted by Crippen LogP contribution is -2.41. The van der Waals surface area contributed by atoms with Crippen LogP contribution >= 0.6 is 0 Å². The molecule has 1 atom stereocenters. The second-order valence-corrected chi connectivity index (χ2v) is 3.73. The summed E-state index contributed by atoms with van der Waals surface area (Å²) in [4.78, 5) is 36.8. The van der Waals surface area contributed by atoms with Crippen molar-refractivity contribution in [1.29, 1.82) is 0 Å². The molecule has 0 aromatic carbocycles. The second-order valence-electron chi connectivity index (χ2n) is 3.73. The SMILES string of the molecule is Nc1ncccc1C(=O)NC(CCC(=O)O)C(=O)O. The Hall–Kier alpha value is -2.64. The Morgan fingerprint density at radius 1 is 1.37 bits per heavy atom. The van der Waals surface area contributed by atoms with E-state index in [0.717, 1.165) is 0 Å². The first kappa shape index (κ1) is 14.4. The number of carboxylic acid groups (broad SMARTS) is 2. The fourth-order valence-corrected chi connectivity index (χ4v) is 1.37. The molecule has 0 radical (unpaired) electrons. The molecule has 1 rings (SSSR count). The summed E-state index contributed by atoms with van der Waals surface area (Å²) in [6.07, 6.45) is 0.821. The molecule has 8 heteroatoms. The molecule has 0 spiro atoms. The lowest BCUT2D eigenvalue weighted by molar-refractivity contribution is -0.140. The number of hydrogen-bond donors (Lipinski definition) is 4. The molecule has 0 fully saturated rings. The van der Waals surface area contributed by atoms with Crippen LogP contribution < -0.4 is 11.1 Å². The van der Waals surface area contributed by atoms with Gasteiger partial charge in [0.25, 0.3) is 5.91 Å². The van der Waals surface area contributed by atoms with Crippen LogP contribution in [0.5, 0.6) is 0 Å². The van der Waals surface area contributed by atoms with Crippen LogP contribution in [-0.2, 0) is 9.59 Å². The highest BCUT2D eigenvalue weighted by Gasteiger charge is 2.22. The Balaban J connectivity index is 2.74. The molecule has 5 N–H and O–H groups in total. The number of pyridine rings is 1. The van der Waals surface area contributed by atoms with Gasteiger partial charge in [0.15, 0.2) is 0 Å². The van der Waals surface area contributed by atoms with Gasteiger partial charge < -0.3 is 21.3 Å². The van der Waals surface area contributed by atoms with Gasteiger partial charge in [-0.1, -0.05) is 0 Å². The summed E-state index contributed by atoms with van der Waals surface area (Å²) in [6.45, 7) is 0. The zero-order valence-corrected chi connectivity index (χ0v) is 9.87. The summed E-state index contributed by atoms with van der Waals surface area (Å²) in [7, 11) is 0. The molecule has 0 bridgehead atoms. The molecule has 0 aliphatic heterocycles. The molecule has 1 amide bonds. The number of aliphatic carboxylic acids is 2. The van der Waals surface area contributed by atoms with E-state index < -0.39 is 23.9 Å². The van der Waals surface area contributed by atoms with Gasteiger partial charge in [-0.2, -0.15) is 0 Å². The molecule has 0 saturated heterocycles. The maximum absolute atomic E-state index is 11.8. The van der Waals surface area contributed by atoms with Crippen LogP contribution in [-0.4, -0.2) is 39.1 Å². The van der Waals surface area contributed by atoms with Gasteiger partial charge in [0.1, 0.15) is 11.9 Å². The van der Waals surface area contributed by atoms with E-state index in [4.69, 9.17) is 15.9 Å². The van der Waals surface area contributed by atoms with Crippen LogP contribution in [0.15, 0.2) is 18.3 Å². The number of carbonyl (C=O) groups is 3. The Labute approximate surface area is 108 Å². The van der Waals surface area contributed by atoms with Crippen molar-refractivity contribution in [2.75, 3.05) is 5.73 Å². The molecule has 1 unspecified atom stereocenters. The topological polar surface area (TPSA) is 143 Å². The zero-order chi connectivity index (χ0) is 14.4. The first-order valence-electron chi connectivity index (χ1n) is 5.37. The van der Waals surface area contributed by atoms with Crippen LogP contribution in [0.2, 0.25) is 0 Å². The summed E-state index contributed by atoms with van der Waals surface area (Å²) in [5.41, 5.74) is 5.53. The summed E-state index contributed by atoms with van der Waals surface area (Å²) in [5, 5.41) is 19.6. The number of nitrogens with two attached hydrogens (primary N) is 1. The van der Waals surface area contributed by atoms with E-state index >= 15 is 0 Å². The second kappa shape index (κ2) is 6.34. The Bertz CT molecular complexity index is 503. The maximum Gasteiger partial charge on any atom is 0.326 e. The number of aromatic nitrogens is 1. The quantitative estimate of drug-likeness (QED) is 0.554. The highest BCUT2D eigenvalue weighted by molar-refractivity contribution is 6.00. The minimum Gasteiger partial charge on any atom is -0.481 e. The molecule has 1 heterocycles. The number of hydrogen-bond acceptors (Lipinski definition) is 5. The highest BCUT2D eigenvalue weighted by atomic mass is 16.4. The van der Waals surface area contributed by atoms with Crippen molar-refractivity contribution in [1.82, 2.24) is 10.3 Å². The standard InChI is InChI=1S/C11H13N3O5/c12-9-6(2-1-5-13-9)10(17)14-7(11(18)19)3-4-8(15)16/h1-2,5,7H,3-4H2,(H2,12,13)(H,14,17)(H,15,16)(H,18,19). The Kier molecular flexibility index (Phi) is 4.81. The number of anilines is 1. The molecule has 8 nitrogen and oxygen atoms in total. The van der Waals surface area contributed by atoms with Crippen molar-refractivity contribution in [2.45, 2.75) is 18.9 Å². The molecule has 102 valence electrons. The number of nitrogens with one attached hydrogen (secondary N) is 1. The smallest absolute Gasteiger partial charge is 0.326 e. The van der Waals surface area contributed by atoms with Gasteiger partial charge in [-0.15, -0.1) is 0 Å². The van der Waals surface area contributed by atoms with Gasteiger partial charge in [-0.3, -0.25) is 9.59 Å². The average molecular weight is 267 g/mol. The fourth-order valence-electron chi connectivity index (χ4n) is 1.37. The van der Waals surface area contributed by atoms with Gasteiger partial charge in [-0.05, 0) is 18.6 Å². The van der Waals surface area contributed by atoms with Crippen LogP contribution in [0.4, 0.5) is 5.82 Å². The van der Waals surface area contributed by atoms with Gasteiger partial charge in [0, 0.05) is 12.6 Å². The van der Waals surface area contributed by atoms with Gasteiger partial charge >= 0.3 is 11.9 Å². The number of rotatable bonds is 6. The van der Waals surface area contributed by atoms with Crippen molar-refractivity contribution in [2.24, 2.45) is 0 Å². The average Bonchev–Trinajstić information content (AvgIpc) is 2.34. The Morgan fingerprint density at radius 3 is 2.58 bits per heavy atom. The van der Waals surface area contributed by atoms with E-state index in [9.17, 15) is 14.4 Å². The van der Waals surface area contributed by atoms with Gasteiger partial charge in [-0.25, -0.2) is 9.78 Å². The van der Waals surface area contributed by atoms with Crippen LogP contribution in [0.3, 0.4) is 0 Å². The van der Waals surface area contributed by atoms with Crippen LogP contribution in [0, 0.1) is 0 Å². The molecule has 0 aliphatic rings. The summed E-state index contributed by atoms with van der Waals surface area (Å²) < 4.78 is 0. The van der Waals surface area contributed by atoms with Gasteiger partial charge in [0.05, 0.1) is 5.56 Å². The first-order valence-corrected chi connectivity index (χ1v) is 5.37. The van der Waals surface area contributed by atoms with Crippen molar-refractivity contribution in [3.05, 3.63) is 23.9 Å². The molecule has 0 saturated carbocycles. The molecular weight excluding hydrogens is 254 g/mol. The predicted molar refractivity (Wildman–Crippen MR) is 64.4 cm³/mol. The minimum atomic E-state index is -1.31. The third-order valence-corrected chi connectivity index (χ3v) is 2.33. The van der Waals surface area contributed by atoms with Crippen molar-refractivity contribution in [3.63, 3.8) is 0 Å². The maximum atomic E-state index is 11.8. The monoisotopic (exact) mass is 267 g/mol. The largest absolute Gasteiger partial charge is 0.481 e. The number of nitrogens with zero attached hydrogens (tertiary/aromatic N) is 1. The zero-order valence-electron chi connectivity index (χ0n) is 9.87. The first-order chi connectivity index (χ1) is 8.91. The summed E-state index contributed by atoms with van der Waals surface area (Å²) in [5.74, 6) is -3.18. The molecule has 19 heavy (non-hydrogen) atoms. The third-order valence-electron chi connectivity index (χ3n) is 2.33. The van der Waals surface area contributed by atoms with Crippen LogP contribution in [0.25, 0.3) is 0 Å². The molecular formula is C11H13N3O5. The Morgan fingerprint density at radius 2 is 2.05 bits per heavy atom. The predicted octanol–water partition coefficient (Wildman–Crippen LogP) is -0.288. The normalized spacial score (nSPS) is 11.6. The molecule has 0 aliphatic carbocycles. The van der Waals surface area contributed by atoms with E-state index in [2.05, 4.69) is 10.3 Å². The van der Waals surface area contributed by atoms with E-state index in [1.807, 2.05) is 0 Å². The molecule has 1 aromatic heterocycles. The van der Waals surface area contributed by atoms with E-state index in [0.29, 0.717) is 0 Å². The third kappa shape index (κ3) is 4.26. The minimum absolute atomic E-state index is 0.0256. The van der Waals surface area contributed by atoms with Gasteiger partial charge in [0.2, 0.25) is 0 Å². The van der Waals surface area contributed by atoms with Crippen molar-refractivity contribution < 1.29 is 24.6 Å². The number of carbonyl (C=O) groups excluding carboxylic acids is 1. The van der Waals surface area contributed by atoms with E-state index in [1.54, 1.807) is 0 Å².